The van der Waals surface area contributed by atoms with Crippen molar-refractivity contribution < 1.29 is 78.2 Å². The number of primary amides is 1. The second-order valence-corrected chi connectivity index (χ2v) is 18.7. The predicted octanol–water partition coefficient (Wildman–Crippen LogP) is -5.82. The molecule has 3 heterocycles. The van der Waals surface area contributed by atoms with Crippen LogP contribution in [0.5, 0.6) is 0 Å². The van der Waals surface area contributed by atoms with Crippen LogP contribution in [0.1, 0.15) is 99.8 Å². The number of carbonyl (C=O) groups is 9. The molecule has 0 unspecified atom stereocenters. The number of unbranched alkanes of at least 4 members (excludes halogenated alkanes) is 1. The van der Waals surface area contributed by atoms with Crippen LogP contribution in [0.2, 0.25) is 0 Å². The zero-order valence-electron chi connectivity index (χ0n) is 41.0. The summed E-state index contributed by atoms with van der Waals surface area (Å²) in [5.41, 5.74) is 11.1. The molecule has 3 fully saturated rings. The van der Waals surface area contributed by atoms with Gasteiger partial charge in [0.1, 0.15) is 66.6 Å². The molecule has 26 nitrogen and oxygen atoms in total. The number of nitrogens with two attached hydrogens (primary N) is 2. The fraction of sp³-hybridized carbons (Fsp3) is 0.795. The van der Waals surface area contributed by atoms with Crippen LogP contribution in [-0.2, 0) is 52.6 Å². The molecule has 0 aliphatic carbocycles. The molecule has 3 saturated heterocycles. The van der Waals surface area contributed by atoms with E-state index in [4.69, 9.17) is 20.9 Å². The lowest BCUT2D eigenvalue weighted by Gasteiger charge is -2.43. The maximum atomic E-state index is 14.3. The van der Waals surface area contributed by atoms with Gasteiger partial charge in [0, 0.05) is 26.9 Å². The molecule has 15 N–H and O–H groups in total. The summed E-state index contributed by atoms with van der Waals surface area (Å²) in [6, 6.07) is -11.3. The number of ether oxygens (including phenoxy) is 2. The molecule has 70 heavy (non-hydrogen) atoms. The van der Waals surface area contributed by atoms with Gasteiger partial charge in [0.05, 0.1) is 24.9 Å². The van der Waals surface area contributed by atoms with Crippen molar-refractivity contribution in [3.63, 3.8) is 0 Å². The normalized spacial score (nSPS) is 25.8. The molecular weight excluding hydrogens is 925 g/mol. The Hall–Kier alpha value is -5.09. The molecule has 0 radical (unpaired) electrons. The number of rotatable bonds is 25. The fourth-order valence-electron chi connectivity index (χ4n) is 8.72. The summed E-state index contributed by atoms with van der Waals surface area (Å²) >= 11 is 0. The van der Waals surface area contributed by atoms with Crippen molar-refractivity contribution in [1.82, 2.24) is 41.7 Å². The standard InChI is InChI=1S/C44H76N10O16/c1-20(2)18-27(38(63)48-26(37(46)62)12-8-9-15-45)49-39(64)29-14-11-17-54(29)43(68)32(22(4)57)51-41(66)31(21(3)56)50-42(67)33(52-40(65)28-13-10-16-53(28)25(7)59)23(5)69-44-34(47-24(6)58)36(61)35(60)30(19-55)70-44/h20-23,26-36,44,55-57,60-61H,8-19,45H2,1-7H3,(H2,46,62)(H,47,58)(H,48,63)(H,49,64)(H,50,67)(H,51,66)(H,52,65)/t21-,22-,23-,26+,27+,28+,29+,30-,31+,32+,33+,34-,35+,36-,44+/m1/s1. The van der Waals surface area contributed by atoms with Crippen LogP contribution in [0.3, 0.4) is 0 Å². The van der Waals surface area contributed by atoms with E-state index in [9.17, 15) is 68.7 Å². The Morgan fingerprint density at radius 1 is 0.714 bits per heavy atom. The number of aliphatic hydroxyl groups is 5. The van der Waals surface area contributed by atoms with E-state index in [-0.39, 0.29) is 44.7 Å². The van der Waals surface area contributed by atoms with Crippen molar-refractivity contribution in [1.29, 1.82) is 0 Å². The molecule has 0 spiro atoms. The van der Waals surface area contributed by atoms with Gasteiger partial charge in [0.2, 0.25) is 53.2 Å². The van der Waals surface area contributed by atoms with E-state index in [0.29, 0.717) is 32.2 Å². The molecule has 0 saturated carbocycles. The van der Waals surface area contributed by atoms with Gasteiger partial charge in [-0.15, -0.1) is 0 Å². The number of aliphatic hydroxyl groups excluding tert-OH is 5. The summed E-state index contributed by atoms with van der Waals surface area (Å²) in [6.45, 7) is 9.42. The highest BCUT2D eigenvalue weighted by Crippen LogP contribution is 2.25. The van der Waals surface area contributed by atoms with Crippen LogP contribution in [0.4, 0.5) is 0 Å². The Kier molecular flexibility index (Phi) is 23.3. The highest BCUT2D eigenvalue weighted by molar-refractivity contribution is 5.98. The zero-order valence-corrected chi connectivity index (χ0v) is 41.0. The van der Waals surface area contributed by atoms with Crippen molar-refractivity contribution in [2.45, 2.75) is 191 Å². The van der Waals surface area contributed by atoms with Gasteiger partial charge >= 0.3 is 0 Å². The van der Waals surface area contributed by atoms with E-state index in [1.165, 1.54) is 25.7 Å². The van der Waals surface area contributed by atoms with E-state index >= 15 is 0 Å². The second-order valence-electron chi connectivity index (χ2n) is 18.7. The minimum absolute atomic E-state index is 0.00235. The van der Waals surface area contributed by atoms with Gasteiger partial charge in [-0.1, -0.05) is 13.8 Å². The molecule has 0 aromatic rings. The summed E-state index contributed by atoms with van der Waals surface area (Å²) in [4.78, 5) is 123. The highest BCUT2D eigenvalue weighted by Gasteiger charge is 2.48. The van der Waals surface area contributed by atoms with Gasteiger partial charge in [-0.25, -0.2) is 0 Å². The van der Waals surface area contributed by atoms with Crippen LogP contribution in [0, 0.1) is 5.92 Å². The van der Waals surface area contributed by atoms with Crippen molar-refractivity contribution in [2.75, 3.05) is 26.2 Å². The third kappa shape index (κ3) is 16.2. The lowest BCUT2D eigenvalue weighted by atomic mass is 9.96. The van der Waals surface area contributed by atoms with Crippen molar-refractivity contribution >= 4 is 53.2 Å². The van der Waals surface area contributed by atoms with Crippen LogP contribution in [0.15, 0.2) is 0 Å². The average Bonchev–Trinajstić information content (AvgIpc) is 3.99. The number of nitrogens with one attached hydrogen (secondary N) is 6. The van der Waals surface area contributed by atoms with E-state index < -0.39 is 151 Å². The first kappa shape index (κ1) is 59.2. The van der Waals surface area contributed by atoms with Crippen LogP contribution in [-0.4, -0.2) is 206 Å². The third-order valence-corrected chi connectivity index (χ3v) is 12.5. The summed E-state index contributed by atoms with van der Waals surface area (Å²) < 4.78 is 11.7. The topological polar surface area (TPSA) is 404 Å². The van der Waals surface area contributed by atoms with Crippen LogP contribution >= 0.6 is 0 Å². The Morgan fingerprint density at radius 3 is 1.80 bits per heavy atom. The predicted molar refractivity (Wildman–Crippen MR) is 246 cm³/mol. The molecule has 0 aromatic heterocycles. The Morgan fingerprint density at radius 2 is 1.27 bits per heavy atom. The number of hydrogen-bond donors (Lipinski definition) is 13. The molecule has 26 heteroatoms. The van der Waals surface area contributed by atoms with Gasteiger partial charge < -0.3 is 88.2 Å². The minimum Gasteiger partial charge on any atom is -0.394 e. The number of hydrogen-bond acceptors (Lipinski definition) is 17. The first-order valence-corrected chi connectivity index (χ1v) is 23.8. The van der Waals surface area contributed by atoms with Gasteiger partial charge in [-0.3, -0.25) is 43.2 Å². The van der Waals surface area contributed by atoms with E-state index in [2.05, 4.69) is 31.9 Å². The number of amides is 9. The number of carbonyl (C=O) groups excluding carboxylic acids is 9. The first-order valence-electron chi connectivity index (χ1n) is 23.8. The van der Waals surface area contributed by atoms with Gasteiger partial charge in [0.15, 0.2) is 6.29 Å². The Bertz CT molecular complexity index is 1840. The Balaban J connectivity index is 1.87. The molecule has 398 valence electrons. The lowest BCUT2D eigenvalue weighted by molar-refractivity contribution is -0.281. The quantitative estimate of drug-likeness (QED) is 0.0379. The fourth-order valence-corrected chi connectivity index (χ4v) is 8.72. The Labute approximate surface area is 407 Å². The first-order chi connectivity index (χ1) is 32.8. The average molecular weight is 1000 g/mol. The monoisotopic (exact) mass is 1000 g/mol. The molecule has 0 aromatic carbocycles. The lowest BCUT2D eigenvalue weighted by Crippen LogP contribution is -2.67. The zero-order chi connectivity index (χ0) is 52.7. The van der Waals surface area contributed by atoms with Gasteiger partial charge in [-0.2, -0.15) is 0 Å². The van der Waals surface area contributed by atoms with E-state index in [1.54, 1.807) is 0 Å². The second kappa shape index (κ2) is 27.5. The number of nitrogens with zero attached hydrogens (tertiary/aromatic N) is 2. The molecule has 3 rings (SSSR count). The summed E-state index contributed by atoms with van der Waals surface area (Å²) in [5.74, 6) is -7.42. The van der Waals surface area contributed by atoms with E-state index in [0.717, 1.165) is 18.7 Å². The minimum atomic E-state index is -1.89. The molecular formula is C44H76N10O16. The summed E-state index contributed by atoms with van der Waals surface area (Å²) in [5, 5.41) is 67.9. The maximum absolute atomic E-state index is 14.3. The van der Waals surface area contributed by atoms with Gasteiger partial charge in [-0.05, 0) is 84.6 Å². The van der Waals surface area contributed by atoms with Gasteiger partial charge in [0.25, 0.3) is 0 Å². The van der Waals surface area contributed by atoms with E-state index in [1.807, 2.05) is 13.8 Å². The molecule has 15 atom stereocenters. The smallest absolute Gasteiger partial charge is 0.248 e. The third-order valence-electron chi connectivity index (χ3n) is 12.5. The SMILES string of the molecule is CC(=O)N[C@H]1[C@@H](O[C@H](C)[C@H](NC(=O)[C@@H]2CCCN2C(C)=O)C(=O)N[C@H](C(=O)N[C@H](C(=O)N2CCC[C@H]2C(=O)N[C@@H](CC(C)C)C(=O)N[C@@H](CCCCN)C(N)=O)[C@@H](C)O)[C@@H](C)O)O[C@H](CO)[C@H](O)[C@@H]1O. The summed E-state index contributed by atoms with van der Waals surface area (Å²) in [6.07, 6.45) is -8.70. The maximum Gasteiger partial charge on any atom is 0.248 e. The van der Waals surface area contributed by atoms with Crippen molar-refractivity contribution in [3.8, 4) is 0 Å². The van der Waals surface area contributed by atoms with Crippen LogP contribution < -0.4 is 43.4 Å². The molecule has 3 aliphatic heterocycles. The summed E-state index contributed by atoms with van der Waals surface area (Å²) in [7, 11) is 0. The largest absolute Gasteiger partial charge is 0.394 e. The highest BCUT2D eigenvalue weighted by atomic mass is 16.7. The molecule has 9 amide bonds. The molecule has 3 aliphatic rings. The van der Waals surface area contributed by atoms with Crippen molar-refractivity contribution in [2.24, 2.45) is 17.4 Å². The van der Waals surface area contributed by atoms with Crippen LogP contribution in [0.25, 0.3) is 0 Å². The van der Waals surface area contributed by atoms with Crippen molar-refractivity contribution in [3.05, 3.63) is 0 Å². The molecule has 0 bridgehead atoms. The number of likely N-dealkylation sites (tertiary alicyclic amines) is 2.